The Balaban J connectivity index is 3.31. The van der Waals surface area contributed by atoms with E-state index >= 15 is 0 Å². The summed E-state index contributed by atoms with van der Waals surface area (Å²) in [5.41, 5.74) is -0.0370. The molecule has 3 nitrogen and oxygen atoms in total. The molecule has 0 aliphatic carbocycles. The van der Waals surface area contributed by atoms with Crippen molar-refractivity contribution in [2.24, 2.45) is 0 Å². The van der Waals surface area contributed by atoms with Crippen LogP contribution in [0, 0.1) is 0 Å². The first-order chi connectivity index (χ1) is 6.45. The van der Waals surface area contributed by atoms with Crippen LogP contribution in [0.25, 0.3) is 0 Å². The highest BCUT2D eigenvalue weighted by Crippen LogP contribution is 2.08. The van der Waals surface area contributed by atoms with Crippen molar-refractivity contribution in [3.05, 3.63) is 0 Å². The van der Waals surface area contributed by atoms with Gasteiger partial charge in [0.2, 0.25) is 0 Å². The summed E-state index contributed by atoms with van der Waals surface area (Å²) in [6.07, 6.45) is 1.24. The highest BCUT2D eigenvalue weighted by Gasteiger charge is 2.10. The molecule has 0 amide bonds. The van der Waals surface area contributed by atoms with Crippen LogP contribution < -0.4 is 5.32 Å². The van der Waals surface area contributed by atoms with E-state index in [4.69, 9.17) is 9.47 Å². The maximum atomic E-state index is 5.61. The molecule has 0 aromatic carbocycles. The van der Waals surface area contributed by atoms with Crippen molar-refractivity contribution in [1.29, 1.82) is 0 Å². The van der Waals surface area contributed by atoms with Gasteiger partial charge in [-0.05, 0) is 41.2 Å². The first-order valence-corrected chi connectivity index (χ1v) is 5.36. The third-order valence-electron chi connectivity index (χ3n) is 1.81. The Bertz CT molecular complexity index is 132. The number of hydrogen-bond donors (Lipinski definition) is 1. The van der Waals surface area contributed by atoms with Crippen LogP contribution in [0.4, 0.5) is 0 Å². The quantitative estimate of drug-likeness (QED) is 0.640. The fourth-order valence-corrected chi connectivity index (χ4v) is 0.977. The Labute approximate surface area is 88.2 Å². The minimum atomic E-state index is -0.0370. The Morgan fingerprint density at radius 2 is 1.86 bits per heavy atom. The second kappa shape index (κ2) is 7.21. The van der Waals surface area contributed by atoms with E-state index in [1.54, 1.807) is 0 Å². The van der Waals surface area contributed by atoms with E-state index in [9.17, 15) is 0 Å². The predicted octanol–water partition coefficient (Wildman–Crippen LogP) is 1.82. The zero-order valence-corrected chi connectivity index (χ0v) is 10.2. The van der Waals surface area contributed by atoms with E-state index in [-0.39, 0.29) is 11.7 Å². The van der Waals surface area contributed by atoms with Crippen molar-refractivity contribution in [3.63, 3.8) is 0 Å². The highest BCUT2D eigenvalue weighted by atomic mass is 16.5. The molecule has 1 atom stereocenters. The molecule has 0 bridgehead atoms. The molecule has 1 unspecified atom stereocenters. The summed E-state index contributed by atoms with van der Waals surface area (Å²) in [5, 5.41) is 3.05. The molecule has 0 aromatic heterocycles. The second-order valence-corrected chi connectivity index (χ2v) is 4.53. The largest absolute Gasteiger partial charge is 0.377 e. The van der Waals surface area contributed by atoms with Gasteiger partial charge in [0.1, 0.15) is 0 Å². The zero-order valence-electron chi connectivity index (χ0n) is 10.2. The van der Waals surface area contributed by atoms with Gasteiger partial charge in [-0.25, -0.2) is 0 Å². The van der Waals surface area contributed by atoms with E-state index < -0.39 is 0 Å². The summed E-state index contributed by atoms with van der Waals surface area (Å²) in [5.74, 6) is 0. The molecule has 0 heterocycles. The van der Waals surface area contributed by atoms with Crippen molar-refractivity contribution < 1.29 is 9.47 Å². The molecule has 0 fully saturated rings. The molecule has 0 radical (unpaired) electrons. The summed E-state index contributed by atoms with van der Waals surface area (Å²) in [6, 6.07) is 0. The molecule has 0 spiro atoms. The lowest BCUT2D eigenvalue weighted by atomic mass is 10.2. The normalized spacial score (nSPS) is 14.4. The van der Waals surface area contributed by atoms with Gasteiger partial charge in [0.15, 0.2) is 0 Å². The van der Waals surface area contributed by atoms with Gasteiger partial charge in [-0.15, -0.1) is 0 Å². The van der Waals surface area contributed by atoms with Gasteiger partial charge >= 0.3 is 0 Å². The fourth-order valence-electron chi connectivity index (χ4n) is 0.977. The monoisotopic (exact) mass is 203 g/mol. The molecule has 14 heavy (non-hydrogen) atoms. The first-order valence-electron chi connectivity index (χ1n) is 5.36. The van der Waals surface area contributed by atoms with Gasteiger partial charge in [0, 0.05) is 13.2 Å². The molecule has 0 aromatic rings. The Hall–Kier alpha value is -0.120. The minimum absolute atomic E-state index is 0.0370. The van der Waals surface area contributed by atoms with Gasteiger partial charge in [0.25, 0.3) is 0 Å². The van der Waals surface area contributed by atoms with Crippen LogP contribution in [0.3, 0.4) is 0 Å². The second-order valence-electron chi connectivity index (χ2n) is 4.53. The third-order valence-corrected chi connectivity index (χ3v) is 1.81. The maximum absolute atomic E-state index is 5.61. The number of rotatable bonds is 7. The fraction of sp³-hybridized carbons (Fsp3) is 1.00. The molecule has 0 aliphatic rings. The Kier molecular flexibility index (Phi) is 7.15. The van der Waals surface area contributed by atoms with E-state index in [0.29, 0.717) is 0 Å². The molecular formula is C11H25NO2. The number of hydrogen-bond acceptors (Lipinski definition) is 3. The minimum Gasteiger partial charge on any atom is -0.377 e. The van der Waals surface area contributed by atoms with Crippen LogP contribution in [0.15, 0.2) is 0 Å². The van der Waals surface area contributed by atoms with Gasteiger partial charge in [-0.2, -0.15) is 0 Å². The molecule has 0 aliphatic heterocycles. The van der Waals surface area contributed by atoms with E-state index in [1.807, 2.05) is 7.05 Å². The van der Waals surface area contributed by atoms with Crippen LogP contribution >= 0.6 is 0 Å². The topological polar surface area (TPSA) is 30.5 Å². The van der Waals surface area contributed by atoms with Gasteiger partial charge in [-0.1, -0.05) is 0 Å². The van der Waals surface area contributed by atoms with E-state index in [2.05, 4.69) is 33.0 Å². The smallest absolute Gasteiger partial charge is 0.0598 e. The summed E-state index contributed by atoms with van der Waals surface area (Å²) in [7, 11) is 1.93. The molecule has 86 valence electrons. The standard InChI is InChI=1S/C11H25NO2/c1-10(13-9-7-12-5)6-8-14-11(2,3)4/h10,12H,6-9H2,1-5H3. The van der Waals surface area contributed by atoms with Crippen molar-refractivity contribution in [1.82, 2.24) is 5.32 Å². The van der Waals surface area contributed by atoms with Crippen LogP contribution in [-0.4, -0.2) is 38.5 Å². The number of nitrogens with one attached hydrogen (secondary N) is 1. The molecule has 1 N–H and O–H groups in total. The molecule has 3 heteroatoms. The van der Waals surface area contributed by atoms with Crippen molar-refractivity contribution in [2.45, 2.75) is 45.8 Å². The van der Waals surface area contributed by atoms with Gasteiger partial charge < -0.3 is 14.8 Å². The van der Waals surface area contributed by atoms with Crippen LogP contribution in [0.2, 0.25) is 0 Å². The number of likely N-dealkylation sites (N-methyl/N-ethyl adjacent to an activating group) is 1. The van der Waals surface area contributed by atoms with Gasteiger partial charge in [-0.3, -0.25) is 0 Å². The van der Waals surface area contributed by atoms with Crippen molar-refractivity contribution in [3.8, 4) is 0 Å². The molecule has 0 saturated carbocycles. The zero-order chi connectivity index (χ0) is 11.0. The lowest BCUT2D eigenvalue weighted by Gasteiger charge is -2.21. The third kappa shape index (κ3) is 9.96. The molecule has 0 rings (SSSR count). The first kappa shape index (κ1) is 13.9. The Morgan fingerprint density at radius 3 is 2.36 bits per heavy atom. The van der Waals surface area contributed by atoms with Gasteiger partial charge in [0.05, 0.1) is 18.3 Å². The van der Waals surface area contributed by atoms with Crippen molar-refractivity contribution in [2.75, 3.05) is 26.8 Å². The molecule has 0 saturated heterocycles. The average Bonchev–Trinajstić information content (AvgIpc) is 2.02. The van der Waals surface area contributed by atoms with Crippen LogP contribution in [0.5, 0.6) is 0 Å². The van der Waals surface area contributed by atoms with E-state index in [0.717, 1.165) is 26.2 Å². The average molecular weight is 203 g/mol. The number of ether oxygens (including phenoxy) is 2. The lowest BCUT2D eigenvalue weighted by molar-refractivity contribution is -0.0281. The summed E-state index contributed by atoms with van der Waals surface area (Å²) in [4.78, 5) is 0. The maximum Gasteiger partial charge on any atom is 0.0598 e. The SMILES string of the molecule is CNCCOC(C)CCOC(C)(C)C. The Morgan fingerprint density at radius 1 is 1.21 bits per heavy atom. The predicted molar refractivity (Wildman–Crippen MR) is 59.7 cm³/mol. The van der Waals surface area contributed by atoms with Crippen molar-refractivity contribution >= 4 is 0 Å². The molecular weight excluding hydrogens is 178 g/mol. The summed E-state index contributed by atoms with van der Waals surface area (Å²) >= 11 is 0. The highest BCUT2D eigenvalue weighted by molar-refractivity contribution is 4.59. The summed E-state index contributed by atoms with van der Waals surface area (Å²) in [6.45, 7) is 10.7. The lowest BCUT2D eigenvalue weighted by Crippen LogP contribution is -2.23. The summed E-state index contributed by atoms with van der Waals surface area (Å²) < 4.78 is 11.2. The van der Waals surface area contributed by atoms with Crippen LogP contribution in [0.1, 0.15) is 34.1 Å². The van der Waals surface area contributed by atoms with E-state index in [1.165, 1.54) is 0 Å². The van der Waals surface area contributed by atoms with Crippen LogP contribution in [-0.2, 0) is 9.47 Å².